The van der Waals surface area contributed by atoms with Crippen molar-refractivity contribution < 1.29 is 27.4 Å². The Morgan fingerprint density at radius 2 is 2.00 bits per heavy atom. The van der Waals surface area contributed by atoms with Gasteiger partial charge in [0.2, 0.25) is 0 Å². The SMILES string of the molecule is COCCCCOC(=O)C1CCCN(CC(F)(F)F)C1. The first-order valence-electron chi connectivity index (χ1n) is 6.87. The van der Waals surface area contributed by atoms with Gasteiger partial charge in [0, 0.05) is 20.3 Å². The number of piperidine rings is 1. The van der Waals surface area contributed by atoms with Gasteiger partial charge in [0.15, 0.2) is 0 Å². The molecule has 0 aromatic heterocycles. The minimum absolute atomic E-state index is 0.135. The molecule has 1 heterocycles. The van der Waals surface area contributed by atoms with Gasteiger partial charge in [-0.1, -0.05) is 0 Å². The van der Waals surface area contributed by atoms with Crippen LogP contribution in [0.5, 0.6) is 0 Å². The molecule has 1 atom stereocenters. The standard InChI is InChI=1S/C13H22F3NO3/c1-19-7-2-3-8-20-12(18)11-5-4-6-17(9-11)10-13(14,15)16/h11H,2-10H2,1H3. The van der Waals surface area contributed by atoms with E-state index in [1.54, 1.807) is 7.11 Å². The van der Waals surface area contributed by atoms with Crippen molar-refractivity contribution in [2.24, 2.45) is 5.92 Å². The molecule has 118 valence electrons. The number of hydrogen-bond donors (Lipinski definition) is 0. The number of likely N-dealkylation sites (tertiary alicyclic amines) is 1. The van der Waals surface area contributed by atoms with Crippen molar-refractivity contribution >= 4 is 5.97 Å². The molecule has 1 rings (SSSR count). The molecule has 1 fully saturated rings. The van der Waals surface area contributed by atoms with Crippen molar-refractivity contribution in [3.63, 3.8) is 0 Å². The summed E-state index contributed by atoms with van der Waals surface area (Å²) in [5, 5.41) is 0. The lowest BCUT2D eigenvalue weighted by atomic mass is 9.98. The molecule has 0 spiro atoms. The van der Waals surface area contributed by atoms with Crippen LogP contribution in [0.2, 0.25) is 0 Å². The van der Waals surface area contributed by atoms with E-state index in [1.807, 2.05) is 0 Å². The summed E-state index contributed by atoms with van der Waals surface area (Å²) in [4.78, 5) is 13.1. The molecule has 1 aliphatic heterocycles. The number of carbonyl (C=O) groups excluding carboxylic acids is 1. The summed E-state index contributed by atoms with van der Waals surface area (Å²) >= 11 is 0. The summed E-state index contributed by atoms with van der Waals surface area (Å²) in [6.45, 7) is 0.483. The van der Waals surface area contributed by atoms with Crippen LogP contribution in [0, 0.1) is 5.92 Å². The van der Waals surface area contributed by atoms with Gasteiger partial charge >= 0.3 is 12.1 Å². The molecule has 7 heteroatoms. The molecule has 0 N–H and O–H groups in total. The van der Waals surface area contributed by atoms with Crippen LogP contribution < -0.4 is 0 Å². The molecule has 0 aromatic carbocycles. The number of nitrogens with zero attached hydrogens (tertiary/aromatic N) is 1. The van der Waals surface area contributed by atoms with Crippen LogP contribution in [0.3, 0.4) is 0 Å². The summed E-state index contributed by atoms with van der Waals surface area (Å²) in [6, 6.07) is 0. The Balaban J connectivity index is 2.26. The molecule has 0 bridgehead atoms. The zero-order chi connectivity index (χ0) is 15.0. The number of rotatable bonds is 7. The third-order valence-corrected chi connectivity index (χ3v) is 3.23. The minimum atomic E-state index is -4.22. The maximum absolute atomic E-state index is 12.3. The molecule has 0 aliphatic carbocycles. The van der Waals surface area contributed by atoms with Gasteiger partial charge in [-0.2, -0.15) is 13.2 Å². The second-order valence-electron chi connectivity index (χ2n) is 5.06. The van der Waals surface area contributed by atoms with Crippen molar-refractivity contribution in [1.29, 1.82) is 0 Å². The van der Waals surface area contributed by atoms with E-state index in [2.05, 4.69) is 0 Å². The number of unbranched alkanes of at least 4 members (excludes halogenated alkanes) is 1. The highest BCUT2D eigenvalue weighted by molar-refractivity contribution is 5.72. The van der Waals surface area contributed by atoms with Gasteiger partial charge in [-0.15, -0.1) is 0 Å². The van der Waals surface area contributed by atoms with Crippen LogP contribution in [0.15, 0.2) is 0 Å². The second-order valence-corrected chi connectivity index (χ2v) is 5.06. The topological polar surface area (TPSA) is 38.8 Å². The van der Waals surface area contributed by atoms with E-state index >= 15 is 0 Å². The van der Waals surface area contributed by atoms with Gasteiger partial charge in [-0.3, -0.25) is 9.69 Å². The first-order chi connectivity index (χ1) is 9.42. The minimum Gasteiger partial charge on any atom is -0.465 e. The molecule has 1 aliphatic rings. The predicted molar refractivity (Wildman–Crippen MR) is 67.3 cm³/mol. The summed E-state index contributed by atoms with van der Waals surface area (Å²) in [7, 11) is 1.60. The van der Waals surface area contributed by atoms with Crippen LogP contribution in [-0.2, 0) is 14.3 Å². The summed E-state index contributed by atoms with van der Waals surface area (Å²) in [6.07, 6.45) is -1.51. The van der Waals surface area contributed by atoms with E-state index in [0.29, 0.717) is 39.0 Å². The molecule has 0 saturated carbocycles. The van der Waals surface area contributed by atoms with Crippen LogP contribution >= 0.6 is 0 Å². The lowest BCUT2D eigenvalue weighted by molar-refractivity contribution is -0.160. The number of carbonyl (C=O) groups is 1. The Labute approximate surface area is 117 Å². The zero-order valence-electron chi connectivity index (χ0n) is 11.7. The Bertz CT molecular complexity index is 297. The van der Waals surface area contributed by atoms with Crippen molar-refractivity contribution in [3.05, 3.63) is 0 Å². The summed E-state index contributed by atoms with van der Waals surface area (Å²) in [5.74, 6) is -0.817. The highest BCUT2D eigenvalue weighted by atomic mass is 19.4. The quantitative estimate of drug-likeness (QED) is 0.533. The van der Waals surface area contributed by atoms with Gasteiger partial charge in [-0.05, 0) is 32.2 Å². The lowest BCUT2D eigenvalue weighted by Gasteiger charge is -2.31. The first-order valence-corrected chi connectivity index (χ1v) is 6.87. The molecule has 1 unspecified atom stereocenters. The summed E-state index contributed by atoms with van der Waals surface area (Å²) < 4.78 is 46.9. The van der Waals surface area contributed by atoms with Crippen LogP contribution in [0.1, 0.15) is 25.7 Å². The summed E-state index contributed by atoms with van der Waals surface area (Å²) in [5.41, 5.74) is 0. The third-order valence-electron chi connectivity index (χ3n) is 3.23. The average Bonchev–Trinajstić information content (AvgIpc) is 2.36. The van der Waals surface area contributed by atoms with Gasteiger partial charge < -0.3 is 9.47 Å². The maximum atomic E-state index is 12.3. The van der Waals surface area contributed by atoms with Crippen LogP contribution in [-0.4, -0.2) is 57.0 Å². The predicted octanol–water partition coefficient (Wildman–Crippen LogP) is 2.23. The average molecular weight is 297 g/mol. The zero-order valence-corrected chi connectivity index (χ0v) is 11.7. The normalized spacial score (nSPS) is 20.9. The largest absolute Gasteiger partial charge is 0.465 e. The Hall–Kier alpha value is -0.820. The smallest absolute Gasteiger partial charge is 0.401 e. The van der Waals surface area contributed by atoms with Gasteiger partial charge in [-0.25, -0.2) is 0 Å². The van der Waals surface area contributed by atoms with Crippen molar-refractivity contribution in [1.82, 2.24) is 4.90 Å². The van der Waals surface area contributed by atoms with E-state index in [1.165, 1.54) is 4.90 Å². The van der Waals surface area contributed by atoms with E-state index < -0.39 is 18.6 Å². The fraction of sp³-hybridized carbons (Fsp3) is 0.923. The fourth-order valence-electron chi connectivity index (χ4n) is 2.28. The monoisotopic (exact) mass is 297 g/mol. The second kappa shape index (κ2) is 8.46. The Morgan fingerprint density at radius 1 is 1.30 bits per heavy atom. The molecule has 0 radical (unpaired) electrons. The Kier molecular flexibility index (Phi) is 7.29. The van der Waals surface area contributed by atoms with Crippen molar-refractivity contribution in [2.45, 2.75) is 31.9 Å². The number of ether oxygens (including phenoxy) is 2. The van der Waals surface area contributed by atoms with Crippen LogP contribution in [0.25, 0.3) is 0 Å². The molecule has 0 amide bonds. The van der Waals surface area contributed by atoms with Gasteiger partial charge in [0.1, 0.15) is 0 Å². The molecular weight excluding hydrogens is 275 g/mol. The first kappa shape index (κ1) is 17.2. The van der Waals surface area contributed by atoms with Crippen molar-refractivity contribution in [3.8, 4) is 0 Å². The Morgan fingerprint density at radius 3 is 2.65 bits per heavy atom. The molecule has 1 saturated heterocycles. The number of hydrogen-bond acceptors (Lipinski definition) is 4. The van der Waals surface area contributed by atoms with Gasteiger partial charge in [0.25, 0.3) is 0 Å². The number of halogens is 3. The van der Waals surface area contributed by atoms with E-state index in [0.717, 1.165) is 6.42 Å². The lowest BCUT2D eigenvalue weighted by Crippen LogP contribution is -2.43. The fourth-order valence-corrected chi connectivity index (χ4v) is 2.28. The number of esters is 1. The molecule has 20 heavy (non-hydrogen) atoms. The molecule has 4 nitrogen and oxygen atoms in total. The number of alkyl halides is 3. The molecular formula is C13H22F3NO3. The highest BCUT2D eigenvalue weighted by Crippen LogP contribution is 2.23. The van der Waals surface area contributed by atoms with Gasteiger partial charge in [0.05, 0.1) is 19.1 Å². The number of methoxy groups -OCH3 is 1. The van der Waals surface area contributed by atoms with E-state index in [-0.39, 0.29) is 12.5 Å². The third kappa shape index (κ3) is 7.09. The van der Waals surface area contributed by atoms with E-state index in [9.17, 15) is 18.0 Å². The molecule has 0 aromatic rings. The van der Waals surface area contributed by atoms with E-state index in [4.69, 9.17) is 9.47 Å². The van der Waals surface area contributed by atoms with Crippen LogP contribution in [0.4, 0.5) is 13.2 Å². The maximum Gasteiger partial charge on any atom is 0.401 e. The highest BCUT2D eigenvalue weighted by Gasteiger charge is 2.35. The van der Waals surface area contributed by atoms with Crippen molar-refractivity contribution in [2.75, 3.05) is 40.0 Å².